The van der Waals surface area contributed by atoms with E-state index < -0.39 is 10.0 Å². The number of sulfonamides is 1. The van der Waals surface area contributed by atoms with Gasteiger partial charge in [-0.1, -0.05) is 0 Å². The molecule has 18 heavy (non-hydrogen) atoms. The summed E-state index contributed by atoms with van der Waals surface area (Å²) in [4.78, 5) is 0. The summed E-state index contributed by atoms with van der Waals surface area (Å²) < 4.78 is 23.9. The van der Waals surface area contributed by atoms with Crippen LogP contribution in [0.5, 0.6) is 0 Å². The van der Waals surface area contributed by atoms with Crippen LogP contribution < -0.4 is 5.14 Å². The largest absolute Gasteiger partial charge is 0.300 e. The van der Waals surface area contributed by atoms with Gasteiger partial charge in [-0.15, -0.1) is 10.2 Å². The number of aromatic nitrogens is 5. The van der Waals surface area contributed by atoms with Crippen molar-refractivity contribution in [3.63, 3.8) is 0 Å². The van der Waals surface area contributed by atoms with E-state index >= 15 is 0 Å². The lowest BCUT2D eigenvalue weighted by molar-refractivity contribution is 0.580. The van der Waals surface area contributed by atoms with Crippen molar-refractivity contribution in [3.05, 3.63) is 17.5 Å². The van der Waals surface area contributed by atoms with Crippen LogP contribution in [0.1, 0.15) is 11.4 Å². The lowest BCUT2D eigenvalue weighted by atomic mass is 10.2. The predicted molar refractivity (Wildman–Crippen MR) is 62.9 cm³/mol. The molecule has 0 aliphatic rings. The molecule has 9 heteroatoms. The maximum absolute atomic E-state index is 11.3. The molecule has 2 N–H and O–H groups in total. The van der Waals surface area contributed by atoms with Crippen LogP contribution in [0.2, 0.25) is 0 Å². The third-order valence-electron chi connectivity index (χ3n) is 2.43. The summed E-state index contributed by atoms with van der Waals surface area (Å²) in [5.41, 5.74) is 2.01. The van der Waals surface area contributed by atoms with E-state index in [-0.39, 0.29) is 5.16 Å². The molecular weight excluding hydrogens is 256 g/mol. The summed E-state index contributed by atoms with van der Waals surface area (Å²) in [5.74, 6) is 0.384. The van der Waals surface area contributed by atoms with Crippen LogP contribution in [0.25, 0.3) is 11.4 Å². The first-order chi connectivity index (χ1) is 8.30. The van der Waals surface area contributed by atoms with Crippen LogP contribution in [-0.4, -0.2) is 33.4 Å². The molecule has 0 amide bonds. The molecule has 2 rings (SSSR count). The molecule has 0 radical (unpaired) electrons. The van der Waals surface area contributed by atoms with Crippen LogP contribution in [0.4, 0.5) is 0 Å². The van der Waals surface area contributed by atoms with Gasteiger partial charge in [0, 0.05) is 12.6 Å². The van der Waals surface area contributed by atoms with Gasteiger partial charge in [-0.3, -0.25) is 4.57 Å². The van der Waals surface area contributed by atoms with E-state index in [1.54, 1.807) is 19.9 Å². The molecule has 2 aromatic rings. The minimum atomic E-state index is -3.89. The van der Waals surface area contributed by atoms with Crippen LogP contribution in [-0.2, 0) is 17.1 Å². The second-order valence-electron chi connectivity index (χ2n) is 3.90. The van der Waals surface area contributed by atoms with Crippen molar-refractivity contribution in [2.75, 3.05) is 0 Å². The van der Waals surface area contributed by atoms with Crippen LogP contribution >= 0.6 is 0 Å². The van der Waals surface area contributed by atoms with Crippen molar-refractivity contribution in [1.82, 2.24) is 25.0 Å². The van der Waals surface area contributed by atoms with Gasteiger partial charge >= 0.3 is 0 Å². The number of aryl methyl sites for hydroxylation is 2. The van der Waals surface area contributed by atoms with Crippen molar-refractivity contribution in [2.45, 2.75) is 19.0 Å². The highest BCUT2D eigenvalue weighted by Gasteiger charge is 2.20. The molecule has 0 unspecified atom stereocenters. The molecule has 96 valence electrons. The molecule has 2 aromatic heterocycles. The first-order valence-electron chi connectivity index (χ1n) is 5.04. The standard InChI is InChI=1S/C9H12N6O2S/c1-5-4-7(6(2)12-11-5)8-13-14-9(15(8)3)18(10,16)17/h4H,1-3H3,(H2,10,16,17). The smallest absolute Gasteiger partial charge is 0.273 e. The highest BCUT2D eigenvalue weighted by atomic mass is 32.2. The number of nitrogens with zero attached hydrogens (tertiary/aromatic N) is 5. The zero-order valence-electron chi connectivity index (χ0n) is 10.1. The van der Waals surface area contributed by atoms with Gasteiger partial charge in [0.2, 0.25) is 0 Å². The van der Waals surface area contributed by atoms with Gasteiger partial charge in [0.1, 0.15) is 0 Å². The molecule has 0 bridgehead atoms. The van der Waals surface area contributed by atoms with Gasteiger partial charge in [-0.2, -0.15) is 10.2 Å². The van der Waals surface area contributed by atoms with E-state index in [1.165, 1.54) is 11.6 Å². The molecule has 2 heterocycles. The van der Waals surface area contributed by atoms with E-state index in [0.29, 0.717) is 22.8 Å². The van der Waals surface area contributed by atoms with Crippen molar-refractivity contribution >= 4 is 10.0 Å². The number of primary sulfonamides is 1. The highest BCUT2D eigenvalue weighted by molar-refractivity contribution is 7.89. The second kappa shape index (κ2) is 4.10. The number of hydrogen-bond donors (Lipinski definition) is 1. The van der Waals surface area contributed by atoms with Crippen LogP contribution in [0.15, 0.2) is 11.2 Å². The fourth-order valence-electron chi connectivity index (χ4n) is 1.57. The molecule has 8 nitrogen and oxygen atoms in total. The topological polar surface area (TPSA) is 117 Å². The van der Waals surface area contributed by atoms with Crippen molar-refractivity contribution in [2.24, 2.45) is 12.2 Å². The summed E-state index contributed by atoms with van der Waals surface area (Å²) in [7, 11) is -2.36. The Morgan fingerprint density at radius 3 is 2.39 bits per heavy atom. The molecule has 0 spiro atoms. The van der Waals surface area contributed by atoms with E-state index in [0.717, 1.165) is 0 Å². The van der Waals surface area contributed by atoms with Crippen molar-refractivity contribution < 1.29 is 8.42 Å². The zero-order chi connectivity index (χ0) is 13.5. The second-order valence-corrected chi connectivity index (χ2v) is 5.35. The minimum Gasteiger partial charge on any atom is -0.300 e. The Bertz CT molecular complexity index is 706. The molecule has 0 atom stereocenters. The number of nitrogens with two attached hydrogens (primary N) is 1. The van der Waals surface area contributed by atoms with Crippen LogP contribution in [0, 0.1) is 13.8 Å². The maximum Gasteiger partial charge on any atom is 0.273 e. The minimum absolute atomic E-state index is 0.286. The lowest BCUT2D eigenvalue weighted by Crippen LogP contribution is -2.17. The first kappa shape index (κ1) is 12.6. The average Bonchev–Trinajstić information content (AvgIpc) is 2.63. The normalized spacial score (nSPS) is 11.8. The summed E-state index contributed by atoms with van der Waals surface area (Å²) in [6, 6.07) is 1.76. The van der Waals surface area contributed by atoms with Gasteiger partial charge in [0.25, 0.3) is 15.2 Å². The van der Waals surface area contributed by atoms with Gasteiger partial charge < -0.3 is 0 Å². The number of rotatable bonds is 2. The molecule has 0 aliphatic heterocycles. The third kappa shape index (κ3) is 2.09. The Hall–Kier alpha value is -1.87. The molecule has 0 fully saturated rings. The van der Waals surface area contributed by atoms with E-state index in [1.807, 2.05) is 0 Å². The number of hydrogen-bond acceptors (Lipinski definition) is 6. The quantitative estimate of drug-likeness (QED) is 0.787. The lowest BCUT2D eigenvalue weighted by Gasteiger charge is -2.05. The van der Waals surface area contributed by atoms with E-state index in [2.05, 4.69) is 20.4 Å². The summed E-state index contributed by atoms with van der Waals surface area (Å²) in [6.45, 7) is 3.54. The summed E-state index contributed by atoms with van der Waals surface area (Å²) >= 11 is 0. The predicted octanol–water partition coefficient (Wildman–Crippen LogP) is -0.464. The Balaban J connectivity index is 2.67. The zero-order valence-corrected chi connectivity index (χ0v) is 10.9. The van der Waals surface area contributed by atoms with Gasteiger partial charge in [-0.25, -0.2) is 13.6 Å². The molecule has 0 aromatic carbocycles. The highest BCUT2D eigenvalue weighted by Crippen LogP contribution is 2.21. The fraction of sp³-hybridized carbons (Fsp3) is 0.333. The van der Waals surface area contributed by atoms with Crippen LogP contribution in [0.3, 0.4) is 0 Å². The van der Waals surface area contributed by atoms with Gasteiger partial charge in [0.15, 0.2) is 5.82 Å². The van der Waals surface area contributed by atoms with Gasteiger partial charge in [-0.05, 0) is 19.9 Å². The summed E-state index contributed by atoms with van der Waals surface area (Å²) in [5, 5.41) is 20.0. The first-order valence-corrected chi connectivity index (χ1v) is 6.59. The third-order valence-corrected chi connectivity index (χ3v) is 3.30. The van der Waals surface area contributed by atoms with Gasteiger partial charge in [0.05, 0.1) is 11.4 Å². The van der Waals surface area contributed by atoms with E-state index in [4.69, 9.17) is 5.14 Å². The van der Waals surface area contributed by atoms with Crippen molar-refractivity contribution in [1.29, 1.82) is 0 Å². The molecule has 0 saturated carbocycles. The van der Waals surface area contributed by atoms with Crippen molar-refractivity contribution in [3.8, 4) is 11.4 Å². The SMILES string of the molecule is Cc1cc(-c2nnc(S(N)(=O)=O)n2C)c(C)nn1. The Labute approximate surface area is 104 Å². The molecule has 0 saturated heterocycles. The maximum atomic E-state index is 11.3. The average molecular weight is 268 g/mol. The van der Waals surface area contributed by atoms with E-state index in [9.17, 15) is 8.42 Å². The summed E-state index contributed by atoms with van der Waals surface area (Å²) in [6.07, 6.45) is 0. The Morgan fingerprint density at radius 2 is 1.83 bits per heavy atom. The molecular formula is C9H12N6O2S. The fourth-order valence-corrected chi connectivity index (χ4v) is 2.20. The Kier molecular flexibility index (Phi) is 2.87. The Morgan fingerprint density at radius 1 is 1.17 bits per heavy atom. The monoisotopic (exact) mass is 268 g/mol. The molecule has 0 aliphatic carbocycles.